The van der Waals surface area contributed by atoms with Crippen molar-refractivity contribution in [1.82, 2.24) is 5.32 Å². The van der Waals surface area contributed by atoms with Gasteiger partial charge in [0.05, 0.1) is 4.92 Å². The molecule has 3 rings (SSSR count). The van der Waals surface area contributed by atoms with Crippen LogP contribution < -0.4 is 10.6 Å². The zero-order valence-corrected chi connectivity index (χ0v) is 20.0. The molecule has 0 fully saturated rings. The second kappa shape index (κ2) is 12.4. The number of nitro benzene ring substituents is 1. The molecule has 186 valence electrons. The number of carbonyl (C=O) groups excluding carboxylic acids is 2. The Kier molecular flexibility index (Phi) is 9.01. The van der Waals surface area contributed by atoms with E-state index in [9.17, 15) is 29.6 Å². The summed E-state index contributed by atoms with van der Waals surface area (Å²) in [4.78, 5) is 46.2. The zero-order valence-electron chi connectivity index (χ0n) is 19.2. The van der Waals surface area contributed by atoms with E-state index in [1.807, 2.05) is 6.26 Å². The molecule has 0 saturated carbocycles. The maximum absolute atomic E-state index is 12.3. The second-order valence-electron chi connectivity index (χ2n) is 7.55. The third-order valence-corrected chi connectivity index (χ3v) is 5.66. The third-order valence-electron chi connectivity index (χ3n) is 5.02. The number of non-ortho nitro benzene ring substituents is 1. The average Bonchev–Trinajstić information content (AvgIpc) is 3.34. The van der Waals surface area contributed by atoms with Gasteiger partial charge in [-0.25, -0.2) is 4.79 Å². The topological polar surface area (TPSA) is 152 Å². The SMILES string of the molecule is CSCC[C@H](NC(=O)c1ccc(NC(=O)/C=C/c2ccc(-c3ccc([N+](=O)[O-])cc3)o2)cc1)C(=O)O. The molecule has 3 N–H and O–H groups in total. The number of amides is 2. The number of benzene rings is 2. The highest BCUT2D eigenvalue weighted by molar-refractivity contribution is 7.98. The van der Waals surface area contributed by atoms with E-state index in [4.69, 9.17) is 4.42 Å². The van der Waals surface area contributed by atoms with E-state index in [1.54, 1.807) is 24.3 Å². The molecule has 0 radical (unpaired) electrons. The first kappa shape index (κ1) is 26.2. The number of nitro groups is 1. The van der Waals surface area contributed by atoms with Gasteiger partial charge in [-0.15, -0.1) is 0 Å². The van der Waals surface area contributed by atoms with Crippen LogP contribution in [-0.2, 0) is 9.59 Å². The van der Waals surface area contributed by atoms with Gasteiger partial charge in [-0.1, -0.05) is 0 Å². The normalized spacial score (nSPS) is 11.7. The van der Waals surface area contributed by atoms with Gasteiger partial charge in [-0.3, -0.25) is 19.7 Å². The fraction of sp³-hybridized carbons (Fsp3) is 0.160. The summed E-state index contributed by atoms with van der Waals surface area (Å²) in [7, 11) is 0. The van der Waals surface area contributed by atoms with Crippen LogP contribution in [0.25, 0.3) is 17.4 Å². The van der Waals surface area contributed by atoms with E-state index < -0.39 is 28.7 Å². The van der Waals surface area contributed by atoms with Crippen LogP contribution >= 0.6 is 11.8 Å². The fourth-order valence-corrected chi connectivity index (χ4v) is 3.60. The Morgan fingerprint density at radius 2 is 1.78 bits per heavy atom. The Balaban J connectivity index is 1.56. The lowest BCUT2D eigenvalue weighted by molar-refractivity contribution is -0.384. The van der Waals surface area contributed by atoms with Gasteiger partial charge >= 0.3 is 5.97 Å². The molecule has 0 aliphatic heterocycles. The van der Waals surface area contributed by atoms with Crippen LogP contribution in [0.1, 0.15) is 22.5 Å². The van der Waals surface area contributed by atoms with Crippen LogP contribution in [0.2, 0.25) is 0 Å². The summed E-state index contributed by atoms with van der Waals surface area (Å²) in [5, 5.41) is 25.2. The maximum atomic E-state index is 12.3. The quantitative estimate of drug-likeness (QED) is 0.195. The van der Waals surface area contributed by atoms with Crippen molar-refractivity contribution in [2.75, 3.05) is 17.3 Å². The number of carboxylic acid groups (broad SMARTS) is 1. The van der Waals surface area contributed by atoms with Crippen LogP contribution in [0.4, 0.5) is 11.4 Å². The van der Waals surface area contributed by atoms with Crippen molar-refractivity contribution in [3.63, 3.8) is 0 Å². The van der Waals surface area contributed by atoms with Gasteiger partial charge in [0, 0.05) is 35.0 Å². The molecule has 0 saturated heterocycles. The van der Waals surface area contributed by atoms with Gasteiger partial charge in [-0.2, -0.15) is 11.8 Å². The molecule has 1 atom stereocenters. The van der Waals surface area contributed by atoms with E-state index in [-0.39, 0.29) is 11.3 Å². The number of carboxylic acids is 1. The van der Waals surface area contributed by atoms with Crippen LogP contribution in [0.15, 0.2) is 71.2 Å². The minimum atomic E-state index is -1.09. The molecular weight excluding hydrogens is 486 g/mol. The summed E-state index contributed by atoms with van der Waals surface area (Å²) in [5.74, 6) is -0.514. The summed E-state index contributed by atoms with van der Waals surface area (Å²) in [6.07, 6.45) is 4.93. The molecule has 3 aromatic rings. The van der Waals surface area contributed by atoms with Crippen molar-refractivity contribution in [1.29, 1.82) is 0 Å². The lowest BCUT2D eigenvalue weighted by atomic mass is 10.1. The number of nitrogens with one attached hydrogen (secondary N) is 2. The molecule has 2 aromatic carbocycles. The molecule has 11 heteroatoms. The highest BCUT2D eigenvalue weighted by atomic mass is 32.2. The van der Waals surface area contributed by atoms with Crippen molar-refractivity contribution in [2.24, 2.45) is 0 Å². The second-order valence-corrected chi connectivity index (χ2v) is 8.54. The van der Waals surface area contributed by atoms with Crippen molar-refractivity contribution in [3.8, 4) is 11.3 Å². The summed E-state index contributed by atoms with van der Waals surface area (Å²) in [6, 6.07) is 14.4. The van der Waals surface area contributed by atoms with Crippen molar-refractivity contribution >= 4 is 47.0 Å². The number of anilines is 1. The number of furan rings is 1. The largest absolute Gasteiger partial charge is 0.480 e. The predicted molar refractivity (Wildman–Crippen MR) is 137 cm³/mol. The number of hydrogen-bond acceptors (Lipinski definition) is 7. The Bertz CT molecular complexity index is 1270. The highest BCUT2D eigenvalue weighted by Gasteiger charge is 2.20. The molecule has 1 heterocycles. The highest BCUT2D eigenvalue weighted by Crippen LogP contribution is 2.25. The molecule has 36 heavy (non-hydrogen) atoms. The minimum Gasteiger partial charge on any atom is -0.480 e. The van der Waals surface area contributed by atoms with Crippen LogP contribution in [0.5, 0.6) is 0 Å². The molecule has 0 unspecified atom stereocenters. The number of rotatable bonds is 11. The van der Waals surface area contributed by atoms with E-state index in [2.05, 4.69) is 10.6 Å². The Morgan fingerprint density at radius 1 is 1.08 bits per heavy atom. The number of hydrogen-bond donors (Lipinski definition) is 3. The Labute approximate surface area is 210 Å². The number of thioether (sulfide) groups is 1. The van der Waals surface area contributed by atoms with Crippen LogP contribution in [0, 0.1) is 10.1 Å². The molecule has 0 spiro atoms. The van der Waals surface area contributed by atoms with Gasteiger partial charge in [-0.05, 0) is 73.0 Å². The average molecular weight is 510 g/mol. The van der Waals surface area contributed by atoms with E-state index in [0.717, 1.165) is 0 Å². The fourth-order valence-electron chi connectivity index (χ4n) is 3.13. The zero-order chi connectivity index (χ0) is 26.1. The first-order valence-electron chi connectivity index (χ1n) is 10.7. The van der Waals surface area contributed by atoms with Crippen molar-refractivity contribution in [3.05, 3.63) is 88.2 Å². The Hall–Kier alpha value is -4.38. The smallest absolute Gasteiger partial charge is 0.326 e. The first-order valence-corrected chi connectivity index (χ1v) is 12.1. The predicted octanol–water partition coefficient (Wildman–Crippen LogP) is 4.44. The standard InChI is InChI=1S/C25H23N3O7S/c1-36-15-14-21(25(31)32)27-24(30)17-2-6-18(7-3-17)26-23(29)13-11-20-10-12-22(35-20)16-4-8-19(9-5-16)28(33)34/h2-13,21H,14-15H2,1H3,(H,26,29)(H,27,30)(H,31,32)/b13-11+/t21-/m0/s1. The summed E-state index contributed by atoms with van der Waals surface area (Å²) in [6.45, 7) is 0. The number of nitrogens with zero attached hydrogens (tertiary/aromatic N) is 1. The third kappa shape index (κ3) is 7.31. The molecule has 1 aromatic heterocycles. The summed E-state index contributed by atoms with van der Waals surface area (Å²) in [5.41, 5.74) is 1.36. The van der Waals surface area contributed by atoms with Gasteiger partial charge in [0.2, 0.25) is 5.91 Å². The molecule has 0 aliphatic rings. The lowest BCUT2D eigenvalue weighted by Gasteiger charge is -2.14. The molecule has 10 nitrogen and oxygen atoms in total. The van der Waals surface area contributed by atoms with Gasteiger partial charge < -0.3 is 20.2 Å². The number of aliphatic carboxylic acids is 1. The van der Waals surface area contributed by atoms with E-state index >= 15 is 0 Å². The van der Waals surface area contributed by atoms with Crippen molar-refractivity contribution < 1.29 is 28.8 Å². The molecule has 0 bridgehead atoms. The molecule has 0 aliphatic carbocycles. The van der Waals surface area contributed by atoms with Crippen molar-refractivity contribution in [2.45, 2.75) is 12.5 Å². The summed E-state index contributed by atoms with van der Waals surface area (Å²) >= 11 is 1.50. The molecule has 2 amide bonds. The van der Waals surface area contributed by atoms with E-state index in [1.165, 1.54) is 60.3 Å². The monoisotopic (exact) mass is 509 g/mol. The molecular formula is C25H23N3O7S. The minimum absolute atomic E-state index is 0.0219. The lowest BCUT2D eigenvalue weighted by Crippen LogP contribution is -2.41. The summed E-state index contributed by atoms with van der Waals surface area (Å²) < 4.78 is 5.66. The maximum Gasteiger partial charge on any atom is 0.326 e. The first-order chi connectivity index (χ1) is 17.3. The van der Waals surface area contributed by atoms with E-state index in [0.29, 0.717) is 34.9 Å². The van der Waals surface area contributed by atoms with Crippen LogP contribution in [0.3, 0.4) is 0 Å². The van der Waals surface area contributed by atoms with Gasteiger partial charge in [0.15, 0.2) is 0 Å². The van der Waals surface area contributed by atoms with Gasteiger partial charge in [0.25, 0.3) is 11.6 Å². The van der Waals surface area contributed by atoms with Gasteiger partial charge in [0.1, 0.15) is 17.6 Å². The van der Waals surface area contributed by atoms with Crippen LogP contribution in [-0.4, -0.2) is 45.9 Å². The number of carbonyl (C=O) groups is 3. The Morgan fingerprint density at radius 3 is 2.39 bits per heavy atom.